The lowest BCUT2D eigenvalue weighted by molar-refractivity contribution is -0.0976. The first-order valence-electron chi connectivity index (χ1n) is 10.8. The summed E-state index contributed by atoms with van der Waals surface area (Å²) in [7, 11) is 0. The van der Waals surface area contributed by atoms with Gasteiger partial charge < -0.3 is 10.2 Å². The smallest absolute Gasteiger partial charge is 0.312 e. The minimum Gasteiger partial charge on any atom is -0.312 e. The second-order valence-corrected chi connectivity index (χ2v) is 10.6. The first kappa shape index (κ1) is 25.2. The molecule has 0 bridgehead atoms. The molecule has 182 valence electrons. The van der Waals surface area contributed by atoms with Gasteiger partial charge in [-0.2, -0.15) is 5.06 Å². The molecule has 4 rings (SSSR count). The molecule has 11 heteroatoms. The van der Waals surface area contributed by atoms with Gasteiger partial charge in [-0.15, -0.1) is 0 Å². The van der Waals surface area contributed by atoms with Crippen LogP contribution in [0.3, 0.4) is 0 Å². The van der Waals surface area contributed by atoms with Crippen LogP contribution in [0.25, 0.3) is 0 Å². The lowest BCUT2D eigenvalue weighted by Gasteiger charge is -2.40. The molecule has 7 nitrogen and oxygen atoms in total. The third kappa shape index (κ3) is 4.52. The molecule has 2 fully saturated rings. The van der Waals surface area contributed by atoms with Crippen molar-refractivity contribution in [1.82, 2.24) is 9.96 Å². The van der Waals surface area contributed by atoms with Crippen molar-refractivity contribution in [1.29, 1.82) is 0 Å². The fourth-order valence-corrected chi connectivity index (χ4v) is 5.45. The van der Waals surface area contributed by atoms with Gasteiger partial charge in [0, 0.05) is 17.4 Å². The lowest BCUT2D eigenvalue weighted by Crippen LogP contribution is -2.59. The molecule has 0 radical (unpaired) electrons. The van der Waals surface area contributed by atoms with E-state index in [0.717, 1.165) is 25.7 Å². The highest BCUT2D eigenvalue weighted by Gasteiger charge is 2.58. The second kappa shape index (κ2) is 9.63. The van der Waals surface area contributed by atoms with E-state index in [2.05, 4.69) is 5.32 Å². The van der Waals surface area contributed by atoms with Gasteiger partial charge in [-0.3, -0.25) is 10.1 Å². The molecule has 1 heterocycles. The number of halogens is 4. The molecule has 4 amide bonds. The van der Waals surface area contributed by atoms with Crippen molar-refractivity contribution in [2.75, 3.05) is 10.2 Å². The number of anilines is 2. The average Bonchev–Trinajstić information content (AvgIpc) is 3.36. The highest BCUT2D eigenvalue weighted by Crippen LogP contribution is 2.43. The molecule has 0 aromatic heterocycles. The molecular weight excluding hydrogens is 522 g/mol. The highest BCUT2D eigenvalue weighted by atomic mass is 35.5. The van der Waals surface area contributed by atoms with Gasteiger partial charge in [0.1, 0.15) is 0 Å². The van der Waals surface area contributed by atoms with Crippen LogP contribution in [-0.2, 0) is 0 Å². The predicted octanol–water partition coefficient (Wildman–Crippen LogP) is 7.51. The van der Waals surface area contributed by atoms with Gasteiger partial charge >= 0.3 is 12.1 Å². The van der Waals surface area contributed by atoms with Crippen molar-refractivity contribution in [3.63, 3.8) is 0 Å². The molecule has 1 aliphatic heterocycles. The van der Waals surface area contributed by atoms with Crippen LogP contribution in [0.2, 0.25) is 20.1 Å². The summed E-state index contributed by atoms with van der Waals surface area (Å²) in [5.74, 6) is 0. The quantitative estimate of drug-likeness (QED) is 0.308. The van der Waals surface area contributed by atoms with E-state index in [9.17, 15) is 14.8 Å². The number of hydroxylamine groups is 2. The largest absolute Gasteiger partial charge is 0.347 e. The maximum absolute atomic E-state index is 13.8. The first-order chi connectivity index (χ1) is 16.0. The van der Waals surface area contributed by atoms with Crippen LogP contribution < -0.4 is 10.2 Å². The summed E-state index contributed by atoms with van der Waals surface area (Å²) in [6, 6.07) is 8.19. The molecule has 2 aromatic carbocycles. The third-order valence-corrected chi connectivity index (χ3v) is 7.87. The number of nitrogens with zero attached hydrogens (tertiary/aromatic N) is 3. The van der Waals surface area contributed by atoms with E-state index in [4.69, 9.17) is 46.4 Å². The Morgan fingerprint density at radius 3 is 2.18 bits per heavy atom. The van der Waals surface area contributed by atoms with Crippen LogP contribution in [0.5, 0.6) is 0 Å². The maximum Gasteiger partial charge on any atom is 0.347 e. The van der Waals surface area contributed by atoms with Crippen molar-refractivity contribution in [3.05, 3.63) is 56.5 Å². The number of urea groups is 2. The number of carbonyl (C=O) groups is 2. The number of hydrogen-bond acceptors (Lipinski definition) is 3. The Hall–Kier alpha value is -1.90. The average molecular weight is 546 g/mol. The van der Waals surface area contributed by atoms with Crippen molar-refractivity contribution in [2.45, 2.75) is 57.3 Å². The predicted molar refractivity (Wildman–Crippen MR) is 135 cm³/mol. The molecule has 1 aliphatic carbocycles. The van der Waals surface area contributed by atoms with Crippen molar-refractivity contribution < 1.29 is 14.8 Å². The Kier molecular flexibility index (Phi) is 7.14. The number of benzene rings is 2. The minimum atomic E-state index is -1.05. The van der Waals surface area contributed by atoms with Crippen molar-refractivity contribution in [2.24, 2.45) is 0 Å². The van der Waals surface area contributed by atoms with E-state index in [-0.39, 0.29) is 22.1 Å². The normalized spacial score (nSPS) is 20.2. The van der Waals surface area contributed by atoms with Gasteiger partial charge in [0.2, 0.25) is 0 Å². The summed E-state index contributed by atoms with van der Waals surface area (Å²) in [4.78, 5) is 30.0. The van der Waals surface area contributed by atoms with Crippen molar-refractivity contribution >= 4 is 69.8 Å². The monoisotopic (exact) mass is 544 g/mol. The summed E-state index contributed by atoms with van der Waals surface area (Å²) in [5.41, 5.74) is -0.171. The Bertz CT molecular complexity index is 1120. The standard InChI is InChI=1S/C23H24Cl4N4O3/c1-23(2)20(31(34)21(32)28-13-7-9-16(24)18(26)11-13)29(15-8-10-17(25)19(27)12-15)22(33)30(23)14-5-3-4-6-14/h7-12,14,20,34H,3-6H2,1-2H3,(H,28,32). The molecule has 1 unspecified atom stereocenters. The summed E-state index contributed by atoms with van der Waals surface area (Å²) >= 11 is 24.3. The summed E-state index contributed by atoms with van der Waals surface area (Å²) < 4.78 is 0. The Morgan fingerprint density at radius 1 is 1.00 bits per heavy atom. The van der Waals surface area contributed by atoms with Gasteiger partial charge in [-0.05, 0) is 63.1 Å². The van der Waals surface area contributed by atoms with Crippen LogP contribution in [-0.4, -0.2) is 45.0 Å². The van der Waals surface area contributed by atoms with E-state index < -0.39 is 17.7 Å². The number of amides is 4. The second-order valence-electron chi connectivity index (χ2n) is 8.99. The molecule has 2 N–H and O–H groups in total. The van der Waals surface area contributed by atoms with Crippen LogP contribution in [0.4, 0.5) is 21.0 Å². The first-order valence-corrected chi connectivity index (χ1v) is 12.3. The van der Waals surface area contributed by atoms with Gasteiger partial charge in [0.15, 0.2) is 6.17 Å². The number of rotatable bonds is 4. The zero-order valence-electron chi connectivity index (χ0n) is 18.6. The van der Waals surface area contributed by atoms with Gasteiger partial charge in [0.05, 0.1) is 25.6 Å². The summed E-state index contributed by atoms with van der Waals surface area (Å²) in [5, 5.41) is 15.5. The molecule has 1 atom stereocenters. The zero-order chi connectivity index (χ0) is 24.8. The molecule has 1 saturated heterocycles. The topological polar surface area (TPSA) is 76.1 Å². The van der Waals surface area contributed by atoms with Crippen LogP contribution >= 0.6 is 46.4 Å². The van der Waals surface area contributed by atoms with E-state index in [1.54, 1.807) is 29.2 Å². The number of carbonyl (C=O) groups excluding carboxylic acids is 2. The molecule has 0 spiro atoms. The van der Waals surface area contributed by atoms with Crippen LogP contribution in [0.15, 0.2) is 36.4 Å². The highest BCUT2D eigenvalue weighted by molar-refractivity contribution is 6.42. The SMILES string of the molecule is CC1(C)C(N(O)C(=O)Nc2ccc(Cl)c(Cl)c2)N(c2ccc(Cl)c(Cl)c2)C(=O)N1C1CCCC1. The summed E-state index contributed by atoms with van der Waals surface area (Å²) in [6.45, 7) is 3.67. The Balaban J connectivity index is 1.71. The van der Waals surface area contributed by atoms with Gasteiger partial charge in [-0.25, -0.2) is 9.59 Å². The number of hydrogen-bond donors (Lipinski definition) is 2. The Morgan fingerprint density at radius 2 is 1.59 bits per heavy atom. The molecule has 34 heavy (non-hydrogen) atoms. The fraction of sp³-hybridized carbons (Fsp3) is 0.391. The lowest BCUT2D eigenvalue weighted by atomic mass is 9.97. The minimum absolute atomic E-state index is 0.00399. The van der Waals surface area contributed by atoms with E-state index >= 15 is 0 Å². The van der Waals surface area contributed by atoms with Crippen LogP contribution in [0, 0.1) is 0 Å². The molecule has 1 saturated carbocycles. The third-order valence-electron chi connectivity index (χ3n) is 6.39. The zero-order valence-corrected chi connectivity index (χ0v) is 21.6. The molecule has 2 aromatic rings. The summed E-state index contributed by atoms with van der Waals surface area (Å²) in [6.07, 6.45) is 2.70. The van der Waals surface area contributed by atoms with Gasteiger partial charge in [0.25, 0.3) is 0 Å². The van der Waals surface area contributed by atoms with E-state index in [1.165, 1.54) is 17.0 Å². The maximum atomic E-state index is 13.8. The van der Waals surface area contributed by atoms with E-state index in [0.29, 0.717) is 26.5 Å². The molecule has 2 aliphatic rings. The van der Waals surface area contributed by atoms with Crippen LogP contribution in [0.1, 0.15) is 39.5 Å². The van der Waals surface area contributed by atoms with Crippen molar-refractivity contribution in [3.8, 4) is 0 Å². The fourth-order valence-electron chi connectivity index (χ4n) is 4.86. The van der Waals surface area contributed by atoms with Gasteiger partial charge in [-0.1, -0.05) is 59.2 Å². The Labute approximate surface area is 218 Å². The number of nitrogens with one attached hydrogen (secondary N) is 1. The van der Waals surface area contributed by atoms with E-state index in [1.807, 2.05) is 13.8 Å². The molecular formula is C23H24Cl4N4O3.